The molecule has 1 saturated heterocycles. The van der Waals surface area contributed by atoms with Crippen LogP contribution in [-0.2, 0) is 10.0 Å². The first kappa shape index (κ1) is 23.1. The van der Waals surface area contributed by atoms with Crippen LogP contribution in [0.2, 0.25) is 0 Å². The summed E-state index contributed by atoms with van der Waals surface area (Å²) >= 11 is 0. The van der Waals surface area contributed by atoms with Crippen LogP contribution in [0.1, 0.15) is 12.1 Å². The number of aryl methyl sites for hydroxylation is 1. The van der Waals surface area contributed by atoms with E-state index >= 15 is 0 Å². The minimum atomic E-state index is -4.07. The average molecular weight is 502 g/mol. The number of halogens is 2. The lowest BCUT2D eigenvalue weighted by Gasteiger charge is -2.27. The van der Waals surface area contributed by atoms with Crippen LogP contribution in [0.15, 0.2) is 47.6 Å². The van der Waals surface area contributed by atoms with Crippen LogP contribution in [0.25, 0.3) is 22.4 Å². The number of benzene rings is 1. The number of nitrogens with zero attached hydrogens (tertiary/aromatic N) is 4. The number of nitrogens with one attached hydrogen (secondary N) is 3. The van der Waals surface area contributed by atoms with Gasteiger partial charge in [0.15, 0.2) is 16.5 Å². The molecule has 5 rings (SSSR count). The SMILES string of the molecule is Cc1n[nH]c2nc(-c3ccc(NS(=O)(=O)c4ccccn4)c(F)c3)nc(O[C@@H]3CCNC[C@@H]3F)c12. The van der Waals surface area contributed by atoms with E-state index in [0.717, 1.165) is 6.07 Å². The number of alkyl halides is 1. The minimum absolute atomic E-state index is 0.110. The van der Waals surface area contributed by atoms with E-state index in [1.165, 1.54) is 30.5 Å². The number of aromatic nitrogens is 5. The fourth-order valence-electron chi connectivity index (χ4n) is 3.77. The molecule has 35 heavy (non-hydrogen) atoms. The number of anilines is 1. The number of H-pyrrole nitrogens is 1. The zero-order chi connectivity index (χ0) is 24.6. The van der Waals surface area contributed by atoms with Crippen LogP contribution < -0.4 is 14.8 Å². The Hall–Kier alpha value is -3.71. The Kier molecular flexibility index (Phi) is 6.03. The highest BCUT2D eigenvalue weighted by Crippen LogP contribution is 2.31. The second-order valence-electron chi connectivity index (χ2n) is 8.02. The van der Waals surface area contributed by atoms with Gasteiger partial charge < -0.3 is 10.1 Å². The summed E-state index contributed by atoms with van der Waals surface area (Å²) in [6, 6.07) is 8.23. The number of hydrogen-bond acceptors (Lipinski definition) is 8. The first-order valence-corrected chi connectivity index (χ1v) is 12.3. The molecule has 4 heterocycles. The minimum Gasteiger partial charge on any atom is -0.471 e. The molecular formula is C22H21F2N7O3S. The van der Waals surface area contributed by atoms with Crippen molar-refractivity contribution >= 4 is 26.7 Å². The van der Waals surface area contributed by atoms with Crippen molar-refractivity contribution in [2.24, 2.45) is 0 Å². The van der Waals surface area contributed by atoms with E-state index in [0.29, 0.717) is 29.7 Å². The quantitative estimate of drug-likeness (QED) is 0.367. The van der Waals surface area contributed by atoms with Gasteiger partial charge in [-0.3, -0.25) is 9.82 Å². The van der Waals surface area contributed by atoms with Gasteiger partial charge in [0.25, 0.3) is 10.0 Å². The van der Waals surface area contributed by atoms with Crippen molar-refractivity contribution in [3.05, 3.63) is 54.1 Å². The summed E-state index contributed by atoms with van der Waals surface area (Å²) in [5, 5.41) is 10.2. The zero-order valence-corrected chi connectivity index (χ0v) is 19.3. The molecule has 0 bridgehead atoms. The third kappa shape index (κ3) is 4.64. The summed E-state index contributed by atoms with van der Waals surface area (Å²) in [4.78, 5) is 12.6. The Balaban J connectivity index is 1.48. The van der Waals surface area contributed by atoms with E-state index in [1.807, 2.05) is 0 Å². The second-order valence-corrected chi connectivity index (χ2v) is 9.65. The molecule has 2 atom stereocenters. The normalized spacial score (nSPS) is 18.5. The third-order valence-electron chi connectivity index (χ3n) is 5.56. The number of rotatable bonds is 6. The molecule has 0 aliphatic carbocycles. The van der Waals surface area contributed by atoms with E-state index in [2.05, 4.69) is 35.2 Å². The Morgan fingerprint density at radius 1 is 1.20 bits per heavy atom. The Labute approximate surface area is 199 Å². The van der Waals surface area contributed by atoms with Crippen LogP contribution in [0.4, 0.5) is 14.5 Å². The molecule has 0 unspecified atom stereocenters. The summed E-state index contributed by atoms with van der Waals surface area (Å²) in [6.45, 7) is 2.53. The van der Waals surface area contributed by atoms with Crippen molar-refractivity contribution in [2.75, 3.05) is 17.8 Å². The molecule has 10 nitrogen and oxygen atoms in total. The van der Waals surface area contributed by atoms with E-state index in [4.69, 9.17) is 4.74 Å². The summed E-state index contributed by atoms with van der Waals surface area (Å²) in [5.41, 5.74) is 0.942. The van der Waals surface area contributed by atoms with Crippen molar-refractivity contribution in [2.45, 2.75) is 30.6 Å². The Bertz CT molecular complexity index is 1480. The lowest BCUT2D eigenvalue weighted by Crippen LogP contribution is -2.44. The highest BCUT2D eigenvalue weighted by molar-refractivity contribution is 7.92. The van der Waals surface area contributed by atoms with Gasteiger partial charge in [-0.1, -0.05) is 6.07 Å². The van der Waals surface area contributed by atoms with Gasteiger partial charge in [-0.25, -0.2) is 18.7 Å². The topological polar surface area (TPSA) is 135 Å². The van der Waals surface area contributed by atoms with Crippen LogP contribution in [0.5, 0.6) is 5.88 Å². The smallest absolute Gasteiger partial charge is 0.279 e. The molecule has 3 N–H and O–H groups in total. The van der Waals surface area contributed by atoms with Gasteiger partial charge in [0.2, 0.25) is 5.88 Å². The number of fused-ring (bicyclic) bond motifs is 1. The van der Waals surface area contributed by atoms with Crippen LogP contribution in [-0.4, -0.2) is 58.9 Å². The van der Waals surface area contributed by atoms with Gasteiger partial charge >= 0.3 is 0 Å². The molecule has 0 radical (unpaired) electrons. The van der Waals surface area contributed by atoms with Gasteiger partial charge in [-0.2, -0.15) is 18.5 Å². The fraction of sp³-hybridized carbons (Fsp3) is 0.273. The fourth-order valence-corrected chi connectivity index (χ4v) is 4.78. The number of aromatic amines is 1. The molecule has 13 heteroatoms. The predicted molar refractivity (Wildman–Crippen MR) is 124 cm³/mol. The highest BCUT2D eigenvalue weighted by atomic mass is 32.2. The zero-order valence-electron chi connectivity index (χ0n) is 18.5. The molecule has 1 fully saturated rings. The van der Waals surface area contributed by atoms with Crippen LogP contribution in [0.3, 0.4) is 0 Å². The van der Waals surface area contributed by atoms with E-state index in [-0.39, 0.29) is 34.5 Å². The molecule has 1 aliphatic rings. The molecule has 182 valence electrons. The third-order valence-corrected chi connectivity index (χ3v) is 6.84. The van der Waals surface area contributed by atoms with Gasteiger partial charge in [0.05, 0.1) is 11.4 Å². The summed E-state index contributed by atoms with van der Waals surface area (Å²) in [5.74, 6) is -0.583. The van der Waals surface area contributed by atoms with E-state index in [9.17, 15) is 17.2 Å². The number of piperidine rings is 1. The number of pyridine rings is 1. The summed E-state index contributed by atoms with van der Waals surface area (Å²) < 4.78 is 62.4. The summed E-state index contributed by atoms with van der Waals surface area (Å²) in [7, 11) is -4.07. The van der Waals surface area contributed by atoms with Crippen molar-refractivity contribution < 1.29 is 21.9 Å². The number of ether oxygens (including phenoxy) is 1. The van der Waals surface area contributed by atoms with Gasteiger partial charge in [-0.15, -0.1) is 0 Å². The van der Waals surface area contributed by atoms with Gasteiger partial charge in [0.1, 0.15) is 23.5 Å². The van der Waals surface area contributed by atoms with Crippen molar-refractivity contribution in [3.63, 3.8) is 0 Å². The van der Waals surface area contributed by atoms with E-state index in [1.54, 1.807) is 13.0 Å². The molecule has 1 aromatic carbocycles. The molecule has 3 aromatic heterocycles. The number of sulfonamides is 1. The van der Waals surface area contributed by atoms with Crippen molar-refractivity contribution in [1.29, 1.82) is 0 Å². The Morgan fingerprint density at radius 2 is 2.06 bits per heavy atom. The van der Waals surface area contributed by atoms with Crippen LogP contribution >= 0.6 is 0 Å². The molecule has 0 spiro atoms. The monoisotopic (exact) mass is 501 g/mol. The molecular weight excluding hydrogens is 480 g/mol. The van der Waals surface area contributed by atoms with Crippen LogP contribution in [0, 0.1) is 12.7 Å². The van der Waals surface area contributed by atoms with E-state index < -0.39 is 28.1 Å². The standard InChI is InChI=1S/C22H21F2N7O3S/c1-12-19-21(30-29-12)27-20(28-22(19)34-17-7-9-25-11-15(17)24)13-5-6-16(14(23)10-13)31-35(32,33)18-4-2-3-8-26-18/h2-6,8,10,15,17,25,31H,7,9,11H2,1H3,(H,27,28,29,30)/t15-,17+/m0/s1. The van der Waals surface area contributed by atoms with Crippen molar-refractivity contribution in [3.8, 4) is 17.3 Å². The molecule has 1 aliphatic heterocycles. The average Bonchev–Trinajstić information content (AvgIpc) is 3.23. The highest BCUT2D eigenvalue weighted by Gasteiger charge is 2.28. The maximum Gasteiger partial charge on any atom is 0.279 e. The maximum absolute atomic E-state index is 14.9. The molecule has 0 amide bonds. The first-order chi connectivity index (χ1) is 16.8. The molecule has 4 aromatic rings. The largest absolute Gasteiger partial charge is 0.471 e. The summed E-state index contributed by atoms with van der Waals surface area (Å²) in [6.07, 6.45) is -0.128. The molecule has 0 saturated carbocycles. The van der Waals surface area contributed by atoms with Gasteiger partial charge in [-0.05, 0) is 50.2 Å². The van der Waals surface area contributed by atoms with Crippen molar-refractivity contribution in [1.82, 2.24) is 30.5 Å². The lowest BCUT2D eigenvalue weighted by molar-refractivity contribution is 0.0707. The van der Waals surface area contributed by atoms with Gasteiger partial charge in [0, 0.05) is 18.3 Å². The maximum atomic E-state index is 14.9. The lowest BCUT2D eigenvalue weighted by atomic mass is 10.1. The number of hydrogen-bond donors (Lipinski definition) is 3. The predicted octanol–water partition coefficient (Wildman–Crippen LogP) is 2.74. The first-order valence-electron chi connectivity index (χ1n) is 10.8. The Morgan fingerprint density at radius 3 is 2.80 bits per heavy atom. The second kappa shape index (κ2) is 9.15.